The van der Waals surface area contributed by atoms with Gasteiger partial charge in [0.15, 0.2) is 0 Å². The molecule has 2 rings (SSSR count). The van der Waals surface area contributed by atoms with Gasteiger partial charge in [-0.1, -0.05) is 36.8 Å². The molecule has 0 radical (unpaired) electrons. The molecule has 0 saturated carbocycles. The molecule has 0 atom stereocenters. The number of rotatable bonds is 5. The van der Waals surface area contributed by atoms with E-state index in [1.165, 1.54) is 12.1 Å². The topological polar surface area (TPSA) is 113 Å². The maximum Gasteiger partial charge on any atom is 0.294 e. The predicted molar refractivity (Wildman–Crippen MR) is 94.2 cm³/mol. The summed E-state index contributed by atoms with van der Waals surface area (Å²) in [5, 5.41) is 7.23. The Bertz CT molecular complexity index is 771. The third-order valence-corrected chi connectivity index (χ3v) is 3.80. The minimum atomic E-state index is -4.02. The fraction of sp³-hybridized carbons (Fsp3) is 0.235. The lowest BCUT2D eigenvalue weighted by molar-refractivity contribution is 0.317. The van der Waals surface area contributed by atoms with E-state index in [1.54, 1.807) is 24.3 Å². The first-order valence-electron chi connectivity index (χ1n) is 7.35. The number of nitrogen functional groups attached to an aromatic ring is 1. The molecule has 0 amide bonds. The molecule has 0 bridgehead atoms. The third kappa shape index (κ3) is 6.80. The Morgan fingerprint density at radius 1 is 1.21 bits per heavy atom. The number of nitrogens with one attached hydrogen (secondary N) is 1. The summed E-state index contributed by atoms with van der Waals surface area (Å²) >= 11 is 0. The lowest BCUT2D eigenvalue weighted by Crippen LogP contribution is -2.10. The summed E-state index contributed by atoms with van der Waals surface area (Å²) in [7, 11) is -4.02. The van der Waals surface area contributed by atoms with Gasteiger partial charge >= 0.3 is 0 Å². The van der Waals surface area contributed by atoms with Gasteiger partial charge in [-0.25, -0.2) is 0 Å². The van der Waals surface area contributed by atoms with Gasteiger partial charge in [-0.3, -0.25) is 9.96 Å². The van der Waals surface area contributed by atoms with Crippen LogP contribution in [-0.2, 0) is 10.1 Å². The SMILES string of the molecule is CCCOc1cccc(C(=N)N)c1.Cc1ccc(S(=O)(=O)O)cc1. The molecule has 0 aliphatic rings. The second-order valence-electron chi connectivity index (χ2n) is 5.08. The quantitative estimate of drug-likeness (QED) is 0.436. The van der Waals surface area contributed by atoms with Crippen LogP contribution >= 0.6 is 0 Å². The lowest BCUT2D eigenvalue weighted by Gasteiger charge is -2.05. The van der Waals surface area contributed by atoms with E-state index in [0.717, 1.165) is 17.7 Å². The van der Waals surface area contributed by atoms with Crippen molar-refractivity contribution in [3.05, 3.63) is 59.7 Å². The first-order chi connectivity index (χ1) is 11.2. The van der Waals surface area contributed by atoms with Crippen molar-refractivity contribution in [3.63, 3.8) is 0 Å². The summed E-state index contributed by atoms with van der Waals surface area (Å²) in [6.07, 6.45) is 0.976. The number of ether oxygens (including phenoxy) is 1. The van der Waals surface area contributed by atoms with Crippen LogP contribution in [-0.4, -0.2) is 25.4 Å². The number of benzene rings is 2. The largest absolute Gasteiger partial charge is 0.494 e. The first-order valence-corrected chi connectivity index (χ1v) is 8.79. The summed E-state index contributed by atoms with van der Waals surface area (Å²) in [4.78, 5) is -0.0666. The van der Waals surface area contributed by atoms with E-state index in [4.69, 9.17) is 20.4 Å². The standard InChI is InChI=1S/C10H14N2O.C7H8O3S/c1-2-6-13-9-5-3-4-8(7-9)10(11)12;1-6-2-4-7(5-3-6)11(8,9)10/h3-5,7H,2,6H2,1H3,(H3,11,12);2-5H,1H3,(H,8,9,10). The summed E-state index contributed by atoms with van der Waals surface area (Å²) < 4.78 is 34.9. The predicted octanol–water partition coefficient (Wildman–Crippen LogP) is 3.00. The zero-order chi connectivity index (χ0) is 18.2. The molecule has 130 valence electrons. The summed E-state index contributed by atoms with van der Waals surface area (Å²) in [6.45, 7) is 4.59. The zero-order valence-electron chi connectivity index (χ0n) is 13.7. The molecule has 0 fully saturated rings. The zero-order valence-corrected chi connectivity index (χ0v) is 14.5. The Kier molecular flexibility index (Phi) is 7.41. The Labute approximate surface area is 142 Å². The lowest BCUT2D eigenvalue weighted by atomic mass is 10.2. The molecule has 0 spiro atoms. The normalized spacial score (nSPS) is 10.5. The van der Waals surface area contributed by atoms with Crippen LogP contribution in [0.25, 0.3) is 0 Å². The van der Waals surface area contributed by atoms with Crippen molar-refractivity contribution < 1.29 is 17.7 Å². The van der Waals surface area contributed by atoms with Gasteiger partial charge in [0.05, 0.1) is 11.5 Å². The molecule has 2 aromatic carbocycles. The van der Waals surface area contributed by atoms with Crippen LogP contribution in [0.2, 0.25) is 0 Å². The fourth-order valence-corrected chi connectivity index (χ4v) is 2.16. The van der Waals surface area contributed by atoms with E-state index in [0.29, 0.717) is 12.2 Å². The Balaban J connectivity index is 0.000000243. The highest BCUT2D eigenvalue weighted by atomic mass is 32.2. The highest BCUT2D eigenvalue weighted by Crippen LogP contribution is 2.12. The van der Waals surface area contributed by atoms with E-state index in [2.05, 4.69) is 6.92 Å². The van der Waals surface area contributed by atoms with Crippen LogP contribution in [0.3, 0.4) is 0 Å². The molecule has 0 unspecified atom stereocenters. The first kappa shape index (κ1) is 19.7. The van der Waals surface area contributed by atoms with Gasteiger partial charge in [0.25, 0.3) is 10.1 Å². The Morgan fingerprint density at radius 2 is 1.83 bits per heavy atom. The monoisotopic (exact) mass is 350 g/mol. The highest BCUT2D eigenvalue weighted by Gasteiger charge is 2.06. The van der Waals surface area contributed by atoms with Crippen molar-refractivity contribution in [2.75, 3.05) is 6.61 Å². The molecule has 0 saturated heterocycles. The molecule has 0 aromatic heterocycles. The van der Waals surface area contributed by atoms with Gasteiger partial charge < -0.3 is 10.5 Å². The van der Waals surface area contributed by atoms with Crippen molar-refractivity contribution in [3.8, 4) is 5.75 Å². The number of hydrogen-bond acceptors (Lipinski definition) is 4. The summed E-state index contributed by atoms with van der Waals surface area (Å²) in [5.74, 6) is 0.844. The van der Waals surface area contributed by atoms with Gasteiger partial charge in [0, 0.05) is 5.56 Å². The molecule has 0 aliphatic carbocycles. The van der Waals surface area contributed by atoms with E-state index < -0.39 is 10.1 Å². The maximum absolute atomic E-state index is 10.5. The van der Waals surface area contributed by atoms with Crippen LogP contribution in [0.4, 0.5) is 0 Å². The van der Waals surface area contributed by atoms with E-state index in [1.807, 2.05) is 19.1 Å². The average Bonchev–Trinajstić information content (AvgIpc) is 2.53. The summed E-state index contributed by atoms with van der Waals surface area (Å²) in [5.41, 5.74) is 7.00. The molecule has 0 aliphatic heterocycles. The van der Waals surface area contributed by atoms with Crippen molar-refractivity contribution >= 4 is 16.0 Å². The molecule has 4 N–H and O–H groups in total. The van der Waals surface area contributed by atoms with Crippen molar-refractivity contribution in [1.82, 2.24) is 0 Å². The van der Waals surface area contributed by atoms with Crippen LogP contribution in [0.15, 0.2) is 53.4 Å². The van der Waals surface area contributed by atoms with Crippen molar-refractivity contribution in [2.24, 2.45) is 5.73 Å². The van der Waals surface area contributed by atoms with Crippen LogP contribution in [0.5, 0.6) is 5.75 Å². The van der Waals surface area contributed by atoms with E-state index in [-0.39, 0.29) is 10.7 Å². The van der Waals surface area contributed by atoms with Gasteiger partial charge in [-0.15, -0.1) is 0 Å². The number of nitrogens with two attached hydrogens (primary N) is 1. The van der Waals surface area contributed by atoms with Crippen LogP contribution in [0.1, 0.15) is 24.5 Å². The van der Waals surface area contributed by atoms with Gasteiger partial charge in [-0.2, -0.15) is 8.42 Å². The van der Waals surface area contributed by atoms with Crippen LogP contribution < -0.4 is 10.5 Å². The van der Waals surface area contributed by atoms with Gasteiger partial charge in [-0.05, 0) is 37.6 Å². The highest BCUT2D eigenvalue weighted by molar-refractivity contribution is 7.85. The molecule has 6 nitrogen and oxygen atoms in total. The number of aryl methyl sites for hydroxylation is 1. The molecular weight excluding hydrogens is 328 g/mol. The number of hydrogen-bond donors (Lipinski definition) is 3. The van der Waals surface area contributed by atoms with Gasteiger partial charge in [0.2, 0.25) is 0 Å². The fourth-order valence-electron chi connectivity index (χ4n) is 1.68. The van der Waals surface area contributed by atoms with Crippen molar-refractivity contribution in [1.29, 1.82) is 5.41 Å². The Hall–Kier alpha value is -2.38. The van der Waals surface area contributed by atoms with E-state index in [9.17, 15) is 8.42 Å². The molecule has 2 aromatic rings. The molecule has 24 heavy (non-hydrogen) atoms. The van der Waals surface area contributed by atoms with Gasteiger partial charge in [0.1, 0.15) is 11.6 Å². The molecule has 0 heterocycles. The average molecular weight is 350 g/mol. The van der Waals surface area contributed by atoms with Crippen LogP contribution in [0, 0.1) is 12.3 Å². The summed E-state index contributed by atoms with van der Waals surface area (Å²) in [6, 6.07) is 13.3. The minimum Gasteiger partial charge on any atom is -0.494 e. The van der Waals surface area contributed by atoms with Crippen molar-refractivity contribution in [2.45, 2.75) is 25.2 Å². The molecule has 7 heteroatoms. The maximum atomic E-state index is 10.5. The second kappa shape index (κ2) is 9.05. The minimum absolute atomic E-state index is 0.0666. The van der Waals surface area contributed by atoms with E-state index >= 15 is 0 Å². The smallest absolute Gasteiger partial charge is 0.294 e. The Morgan fingerprint density at radius 3 is 2.33 bits per heavy atom. The molecular formula is C17H22N2O4S. The number of amidine groups is 1. The second-order valence-corrected chi connectivity index (χ2v) is 6.50. The third-order valence-electron chi connectivity index (χ3n) is 2.94.